The van der Waals surface area contributed by atoms with Gasteiger partial charge in [-0.15, -0.1) is 0 Å². The van der Waals surface area contributed by atoms with Crippen molar-refractivity contribution in [2.45, 2.75) is 40.0 Å². The van der Waals surface area contributed by atoms with E-state index in [1.165, 1.54) is 16.3 Å². The molecule has 0 aliphatic carbocycles. The zero-order valence-electron chi connectivity index (χ0n) is 12.4. The molecule has 0 bridgehead atoms. The largest absolute Gasteiger partial charge is 0.330 e. The van der Waals surface area contributed by atoms with Gasteiger partial charge in [0.25, 0.3) is 0 Å². The molecule has 2 aromatic rings. The fourth-order valence-electron chi connectivity index (χ4n) is 2.27. The molecule has 0 fully saturated rings. The van der Waals surface area contributed by atoms with Crippen LogP contribution in [0.4, 0.5) is 0 Å². The summed E-state index contributed by atoms with van der Waals surface area (Å²) in [6, 6.07) is 8.78. The lowest BCUT2D eigenvalue weighted by Crippen LogP contribution is -2.26. The molecule has 0 saturated carbocycles. The van der Waals surface area contributed by atoms with Crippen LogP contribution < -0.4 is 5.73 Å². The molecule has 102 valence electrons. The van der Waals surface area contributed by atoms with Gasteiger partial charge in [-0.2, -0.15) is 0 Å². The minimum absolute atomic E-state index is 0.0924. The van der Waals surface area contributed by atoms with E-state index >= 15 is 0 Å². The lowest BCUT2D eigenvalue weighted by atomic mass is 9.86. The predicted octanol–water partition coefficient (Wildman–Crippen LogP) is 3.89. The monoisotopic (exact) mass is 256 g/mol. The fourth-order valence-corrected chi connectivity index (χ4v) is 2.27. The van der Waals surface area contributed by atoms with Crippen molar-refractivity contribution in [2.24, 2.45) is 11.1 Å². The smallest absolute Gasteiger partial charge is 0.0487 e. The van der Waals surface area contributed by atoms with E-state index in [0.29, 0.717) is 12.5 Å². The van der Waals surface area contributed by atoms with Gasteiger partial charge in [0, 0.05) is 17.3 Å². The van der Waals surface area contributed by atoms with Crippen LogP contribution in [0.2, 0.25) is 0 Å². The van der Waals surface area contributed by atoms with Crippen molar-refractivity contribution in [2.75, 3.05) is 6.54 Å². The summed E-state index contributed by atoms with van der Waals surface area (Å²) in [4.78, 5) is 4.58. The minimum Gasteiger partial charge on any atom is -0.330 e. The van der Waals surface area contributed by atoms with E-state index < -0.39 is 0 Å². The van der Waals surface area contributed by atoms with E-state index in [0.717, 1.165) is 12.1 Å². The summed E-state index contributed by atoms with van der Waals surface area (Å²) in [5, 5.41) is 2.54. The Hall–Kier alpha value is -1.41. The fraction of sp³-hybridized carbons (Fsp3) is 0.471. The van der Waals surface area contributed by atoms with E-state index in [1.807, 2.05) is 6.20 Å². The van der Waals surface area contributed by atoms with E-state index in [-0.39, 0.29) is 5.41 Å². The molecule has 2 rings (SSSR count). The van der Waals surface area contributed by atoms with Crippen LogP contribution in [0.3, 0.4) is 0 Å². The maximum atomic E-state index is 5.85. The summed E-state index contributed by atoms with van der Waals surface area (Å²) >= 11 is 0. The average molecular weight is 256 g/mol. The molecular weight excluding hydrogens is 232 g/mol. The molecule has 0 amide bonds. The van der Waals surface area contributed by atoms with Gasteiger partial charge in [-0.1, -0.05) is 39.8 Å². The highest BCUT2D eigenvalue weighted by atomic mass is 14.7. The molecule has 1 aromatic heterocycles. The quantitative estimate of drug-likeness (QED) is 0.901. The lowest BCUT2D eigenvalue weighted by Gasteiger charge is -2.22. The van der Waals surface area contributed by atoms with Gasteiger partial charge in [-0.3, -0.25) is 4.98 Å². The van der Waals surface area contributed by atoms with Gasteiger partial charge in [-0.25, -0.2) is 0 Å². The average Bonchev–Trinajstić information content (AvgIpc) is 2.38. The second-order valence-electron chi connectivity index (χ2n) is 6.44. The van der Waals surface area contributed by atoms with E-state index in [9.17, 15) is 0 Å². The first kappa shape index (κ1) is 14.0. The number of hydrogen-bond acceptors (Lipinski definition) is 2. The first-order valence-corrected chi connectivity index (χ1v) is 7.00. The zero-order chi connectivity index (χ0) is 14.0. The summed E-state index contributed by atoms with van der Waals surface area (Å²) in [6.07, 6.45) is 2.82. The van der Waals surface area contributed by atoms with Crippen molar-refractivity contribution >= 4 is 10.8 Å². The first-order valence-electron chi connectivity index (χ1n) is 7.00. The van der Waals surface area contributed by atoms with Crippen LogP contribution in [0.25, 0.3) is 10.8 Å². The molecule has 0 atom stereocenters. The molecular formula is C17H24N2. The van der Waals surface area contributed by atoms with Crippen LogP contribution in [0.1, 0.15) is 44.9 Å². The van der Waals surface area contributed by atoms with Crippen molar-refractivity contribution in [3.8, 4) is 0 Å². The number of fused-ring (bicyclic) bond motifs is 1. The van der Waals surface area contributed by atoms with Gasteiger partial charge >= 0.3 is 0 Å². The third-order valence-electron chi connectivity index (χ3n) is 3.74. The second kappa shape index (κ2) is 5.30. The molecule has 0 radical (unpaired) electrons. The summed E-state index contributed by atoms with van der Waals surface area (Å²) < 4.78 is 0. The summed E-state index contributed by atoms with van der Waals surface area (Å²) in [5.41, 5.74) is 8.47. The Kier molecular flexibility index (Phi) is 3.91. The Balaban J connectivity index is 2.51. The topological polar surface area (TPSA) is 38.9 Å². The van der Waals surface area contributed by atoms with Gasteiger partial charge < -0.3 is 5.73 Å². The summed E-state index contributed by atoms with van der Waals surface area (Å²) in [7, 11) is 0. The van der Waals surface area contributed by atoms with Crippen molar-refractivity contribution in [1.29, 1.82) is 0 Å². The molecule has 0 aliphatic heterocycles. The number of aromatic nitrogens is 1. The van der Waals surface area contributed by atoms with E-state index in [4.69, 9.17) is 5.73 Å². The number of pyridine rings is 1. The van der Waals surface area contributed by atoms with Crippen LogP contribution in [-0.4, -0.2) is 11.5 Å². The molecule has 0 saturated heterocycles. The van der Waals surface area contributed by atoms with Gasteiger partial charge in [-0.05, 0) is 47.4 Å². The first-order chi connectivity index (χ1) is 8.93. The van der Waals surface area contributed by atoms with Crippen LogP contribution in [0.15, 0.2) is 30.5 Å². The highest BCUT2D eigenvalue weighted by Crippen LogP contribution is 2.27. The lowest BCUT2D eigenvalue weighted by molar-refractivity contribution is 0.374. The number of rotatable bonds is 4. The molecule has 0 aliphatic rings. The molecule has 0 unspecified atom stereocenters. The summed E-state index contributed by atoms with van der Waals surface area (Å²) in [5.74, 6) is 0.542. The van der Waals surface area contributed by atoms with Crippen molar-refractivity contribution in [3.05, 3.63) is 41.7 Å². The number of hydrogen-bond donors (Lipinski definition) is 1. The Morgan fingerprint density at radius 3 is 2.58 bits per heavy atom. The Bertz CT molecular complexity index is 570. The molecule has 0 spiro atoms. The Labute approximate surface area is 116 Å². The van der Waals surface area contributed by atoms with Crippen molar-refractivity contribution in [1.82, 2.24) is 4.98 Å². The molecule has 2 heteroatoms. The maximum Gasteiger partial charge on any atom is 0.0487 e. The predicted molar refractivity (Wildman–Crippen MR) is 82.4 cm³/mol. The molecule has 2 N–H and O–H groups in total. The molecule has 2 nitrogen and oxygen atoms in total. The normalized spacial score (nSPS) is 12.3. The van der Waals surface area contributed by atoms with E-state index in [2.05, 4.69) is 56.9 Å². The zero-order valence-corrected chi connectivity index (χ0v) is 12.4. The van der Waals surface area contributed by atoms with Gasteiger partial charge in [0.05, 0.1) is 0 Å². The maximum absolute atomic E-state index is 5.85. The van der Waals surface area contributed by atoms with E-state index in [1.54, 1.807) is 0 Å². The molecule has 19 heavy (non-hydrogen) atoms. The van der Waals surface area contributed by atoms with Crippen LogP contribution in [0.5, 0.6) is 0 Å². The Morgan fingerprint density at radius 2 is 1.95 bits per heavy atom. The summed E-state index contributed by atoms with van der Waals surface area (Å²) in [6.45, 7) is 9.51. The Morgan fingerprint density at radius 1 is 1.21 bits per heavy atom. The SMILES string of the molecule is CC(C)c1ccc2ccnc(CC(C)(C)CN)c2c1. The molecule has 1 heterocycles. The number of nitrogens with zero attached hydrogens (tertiary/aromatic N) is 1. The number of benzene rings is 1. The van der Waals surface area contributed by atoms with Crippen LogP contribution in [0, 0.1) is 5.41 Å². The minimum atomic E-state index is 0.0924. The van der Waals surface area contributed by atoms with Crippen molar-refractivity contribution in [3.63, 3.8) is 0 Å². The van der Waals surface area contributed by atoms with Crippen molar-refractivity contribution < 1.29 is 0 Å². The van der Waals surface area contributed by atoms with Gasteiger partial charge in [0.1, 0.15) is 0 Å². The number of nitrogens with two attached hydrogens (primary N) is 1. The second-order valence-corrected chi connectivity index (χ2v) is 6.44. The highest BCUT2D eigenvalue weighted by molar-refractivity contribution is 5.85. The van der Waals surface area contributed by atoms with Crippen LogP contribution in [-0.2, 0) is 6.42 Å². The van der Waals surface area contributed by atoms with Gasteiger partial charge in [0.2, 0.25) is 0 Å². The molecule has 1 aromatic carbocycles. The third kappa shape index (κ3) is 3.13. The third-order valence-corrected chi connectivity index (χ3v) is 3.74. The van der Waals surface area contributed by atoms with Gasteiger partial charge in [0.15, 0.2) is 0 Å². The van der Waals surface area contributed by atoms with Crippen LogP contribution >= 0.6 is 0 Å². The standard InChI is InChI=1S/C17H24N2/c1-12(2)14-6-5-13-7-8-19-16(15(13)9-14)10-17(3,4)11-18/h5-9,12H,10-11,18H2,1-4H3. The highest BCUT2D eigenvalue weighted by Gasteiger charge is 2.18.